The van der Waals surface area contributed by atoms with Crippen LogP contribution in [0.4, 0.5) is 17.6 Å². The van der Waals surface area contributed by atoms with Crippen molar-refractivity contribution in [1.82, 2.24) is 4.90 Å². The monoisotopic (exact) mass is 291 g/mol. The number of halogens is 4. The normalized spacial score (nSPS) is 15.6. The van der Waals surface area contributed by atoms with Crippen LogP contribution in [0.2, 0.25) is 0 Å². The van der Waals surface area contributed by atoms with Gasteiger partial charge in [-0.15, -0.1) is 0 Å². The van der Waals surface area contributed by atoms with E-state index in [9.17, 15) is 31.9 Å². The van der Waals surface area contributed by atoms with Crippen molar-refractivity contribution < 1.29 is 37.1 Å². The first-order valence-corrected chi connectivity index (χ1v) is 5.16. The SMILES string of the molecule is C[C@@H](C(=O)O)N1C(=O)c2c(F)c(F)c(F)c(F)c2C1=O. The van der Waals surface area contributed by atoms with E-state index in [0.29, 0.717) is 0 Å². The summed E-state index contributed by atoms with van der Waals surface area (Å²) in [7, 11) is 0. The Morgan fingerprint density at radius 2 is 1.30 bits per heavy atom. The molecule has 1 heterocycles. The number of amides is 2. The fourth-order valence-corrected chi connectivity index (χ4v) is 1.83. The van der Waals surface area contributed by atoms with Crippen molar-refractivity contribution in [3.63, 3.8) is 0 Å². The molecule has 1 aliphatic rings. The number of hydrogen-bond acceptors (Lipinski definition) is 3. The van der Waals surface area contributed by atoms with Gasteiger partial charge in [-0.05, 0) is 6.92 Å². The number of rotatable bonds is 2. The van der Waals surface area contributed by atoms with E-state index in [1.165, 1.54) is 0 Å². The van der Waals surface area contributed by atoms with E-state index in [1.807, 2.05) is 0 Å². The largest absolute Gasteiger partial charge is 0.480 e. The summed E-state index contributed by atoms with van der Waals surface area (Å²) in [5.74, 6) is -13.2. The summed E-state index contributed by atoms with van der Waals surface area (Å²) in [6, 6.07) is -1.74. The lowest BCUT2D eigenvalue weighted by Crippen LogP contribution is -2.42. The number of benzene rings is 1. The highest BCUT2D eigenvalue weighted by atomic mass is 19.2. The van der Waals surface area contributed by atoms with Crippen LogP contribution < -0.4 is 0 Å². The maximum atomic E-state index is 13.5. The van der Waals surface area contributed by atoms with Crippen molar-refractivity contribution >= 4 is 17.8 Å². The molecule has 2 amide bonds. The fourth-order valence-electron chi connectivity index (χ4n) is 1.83. The fraction of sp³-hybridized carbons (Fsp3) is 0.182. The van der Waals surface area contributed by atoms with Gasteiger partial charge in [-0.25, -0.2) is 22.4 Å². The second kappa shape index (κ2) is 4.29. The van der Waals surface area contributed by atoms with Gasteiger partial charge in [0.2, 0.25) is 0 Å². The molecule has 0 bridgehead atoms. The maximum absolute atomic E-state index is 13.5. The molecule has 20 heavy (non-hydrogen) atoms. The summed E-state index contributed by atoms with van der Waals surface area (Å²) in [5, 5.41) is 8.72. The summed E-state index contributed by atoms with van der Waals surface area (Å²) >= 11 is 0. The Kier molecular flexibility index (Phi) is 2.99. The quantitative estimate of drug-likeness (QED) is 0.386. The Balaban J connectivity index is 2.73. The topological polar surface area (TPSA) is 74.7 Å². The first-order chi connectivity index (χ1) is 9.20. The number of hydrogen-bond donors (Lipinski definition) is 1. The minimum Gasteiger partial charge on any atom is -0.480 e. The molecular formula is C11H5F4NO4. The van der Waals surface area contributed by atoms with Gasteiger partial charge in [0.05, 0.1) is 11.1 Å². The Morgan fingerprint density at radius 1 is 0.950 bits per heavy atom. The summed E-state index contributed by atoms with van der Waals surface area (Å²) in [6.45, 7) is 0.909. The number of carbonyl (C=O) groups is 3. The van der Waals surface area contributed by atoms with Crippen LogP contribution in [0.3, 0.4) is 0 Å². The van der Waals surface area contributed by atoms with Crippen LogP contribution in [0, 0.1) is 23.3 Å². The summed E-state index contributed by atoms with van der Waals surface area (Å²) in [5.41, 5.74) is -2.61. The smallest absolute Gasteiger partial charge is 0.326 e. The molecular weight excluding hydrogens is 286 g/mol. The van der Waals surface area contributed by atoms with E-state index in [0.717, 1.165) is 6.92 Å². The van der Waals surface area contributed by atoms with Crippen LogP contribution in [0.15, 0.2) is 0 Å². The molecule has 0 aliphatic carbocycles. The third-order valence-corrected chi connectivity index (χ3v) is 2.88. The van der Waals surface area contributed by atoms with Crippen molar-refractivity contribution in [3.05, 3.63) is 34.4 Å². The number of carboxylic acids is 1. The van der Waals surface area contributed by atoms with Crippen LogP contribution in [0.1, 0.15) is 27.6 Å². The summed E-state index contributed by atoms with van der Waals surface area (Å²) < 4.78 is 53.0. The van der Waals surface area contributed by atoms with E-state index in [4.69, 9.17) is 5.11 Å². The van der Waals surface area contributed by atoms with Gasteiger partial charge in [0, 0.05) is 0 Å². The van der Waals surface area contributed by atoms with Gasteiger partial charge in [-0.3, -0.25) is 14.5 Å². The maximum Gasteiger partial charge on any atom is 0.326 e. The van der Waals surface area contributed by atoms with Crippen LogP contribution in [-0.2, 0) is 4.79 Å². The van der Waals surface area contributed by atoms with Gasteiger partial charge in [-0.2, -0.15) is 0 Å². The van der Waals surface area contributed by atoms with E-state index in [2.05, 4.69) is 0 Å². The lowest BCUT2D eigenvalue weighted by molar-refractivity contribution is -0.140. The third kappa shape index (κ3) is 1.59. The first-order valence-electron chi connectivity index (χ1n) is 5.16. The van der Waals surface area contributed by atoms with Crippen molar-refractivity contribution in [2.75, 3.05) is 0 Å². The molecule has 0 spiro atoms. The predicted molar refractivity (Wildman–Crippen MR) is 53.9 cm³/mol. The van der Waals surface area contributed by atoms with Crippen LogP contribution in [0.25, 0.3) is 0 Å². The lowest BCUT2D eigenvalue weighted by atomic mass is 10.1. The molecule has 0 saturated heterocycles. The molecule has 0 aromatic heterocycles. The molecule has 0 saturated carbocycles. The molecule has 106 valence electrons. The third-order valence-electron chi connectivity index (χ3n) is 2.88. The number of aliphatic carboxylic acids is 1. The molecule has 1 aromatic carbocycles. The molecule has 5 nitrogen and oxygen atoms in total. The van der Waals surface area contributed by atoms with Crippen molar-refractivity contribution in [3.8, 4) is 0 Å². The molecule has 0 unspecified atom stereocenters. The van der Waals surface area contributed by atoms with E-state index < -0.39 is 58.2 Å². The highest BCUT2D eigenvalue weighted by Crippen LogP contribution is 2.32. The van der Waals surface area contributed by atoms with Crippen LogP contribution in [0.5, 0.6) is 0 Å². The molecule has 1 N–H and O–H groups in total. The average Bonchev–Trinajstić information content (AvgIpc) is 2.64. The molecule has 0 radical (unpaired) electrons. The molecule has 0 fully saturated rings. The van der Waals surface area contributed by atoms with Crippen LogP contribution in [-0.4, -0.2) is 33.8 Å². The molecule has 1 aliphatic heterocycles. The van der Waals surface area contributed by atoms with E-state index in [1.54, 1.807) is 0 Å². The number of carboxylic acid groups (broad SMARTS) is 1. The Morgan fingerprint density at radius 3 is 1.60 bits per heavy atom. The lowest BCUT2D eigenvalue weighted by Gasteiger charge is -2.17. The Bertz CT molecular complexity index is 626. The number of fused-ring (bicyclic) bond motifs is 1. The minimum absolute atomic E-state index is 0.0258. The zero-order valence-corrected chi connectivity index (χ0v) is 9.71. The van der Waals surface area contributed by atoms with Gasteiger partial charge in [0.15, 0.2) is 23.3 Å². The number of imide groups is 1. The zero-order chi connectivity index (χ0) is 15.4. The standard InChI is InChI=1S/C11H5F4NO4/c1-2(11(19)20)16-9(17)3-4(10(16)18)6(13)8(15)7(14)5(3)12/h2H,1H3,(H,19,20)/t2-/m0/s1. The predicted octanol–water partition coefficient (Wildman–Crippen LogP) is 1.31. The minimum atomic E-state index is -2.24. The van der Waals surface area contributed by atoms with Crippen molar-refractivity contribution in [2.45, 2.75) is 13.0 Å². The second-order valence-electron chi connectivity index (χ2n) is 4.00. The summed E-state index contributed by atoms with van der Waals surface area (Å²) in [6.07, 6.45) is 0. The average molecular weight is 291 g/mol. The highest BCUT2D eigenvalue weighted by molar-refractivity contribution is 6.22. The molecule has 2 rings (SSSR count). The Labute approximate surface area is 108 Å². The van der Waals surface area contributed by atoms with Crippen molar-refractivity contribution in [2.24, 2.45) is 0 Å². The number of nitrogens with zero attached hydrogens (tertiary/aromatic N) is 1. The highest BCUT2D eigenvalue weighted by Gasteiger charge is 2.47. The molecule has 1 aromatic rings. The van der Waals surface area contributed by atoms with Gasteiger partial charge in [-0.1, -0.05) is 0 Å². The Hall–Kier alpha value is -2.45. The van der Waals surface area contributed by atoms with Crippen molar-refractivity contribution in [1.29, 1.82) is 0 Å². The van der Waals surface area contributed by atoms with Gasteiger partial charge < -0.3 is 5.11 Å². The van der Waals surface area contributed by atoms with Gasteiger partial charge in [0.25, 0.3) is 11.8 Å². The van der Waals surface area contributed by atoms with Gasteiger partial charge >= 0.3 is 5.97 Å². The second-order valence-corrected chi connectivity index (χ2v) is 4.00. The molecule has 9 heteroatoms. The van der Waals surface area contributed by atoms with Gasteiger partial charge in [0.1, 0.15) is 6.04 Å². The van der Waals surface area contributed by atoms with E-state index in [-0.39, 0.29) is 4.90 Å². The van der Waals surface area contributed by atoms with Crippen LogP contribution >= 0.6 is 0 Å². The summed E-state index contributed by atoms with van der Waals surface area (Å²) in [4.78, 5) is 34.2. The molecule has 1 atom stereocenters. The number of carbonyl (C=O) groups excluding carboxylic acids is 2. The first kappa shape index (κ1) is 14.0. The zero-order valence-electron chi connectivity index (χ0n) is 9.71. The van der Waals surface area contributed by atoms with E-state index >= 15 is 0 Å².